The topological polar surface area (TPSA) is 216 Å². The van der Waals surface area contributed by atoms with Crippen molar-refractivity contribution in [2.24, 2.45) is 11.3 Å². The summed E-state index contributed by atoms with van der Waals surface area (Å²) in [5, 5.41) is 35.8. The van der Waals surface area contributed by atoms with Gasteiger partial charge < -0.3 is 41.3 Å². The molecule has 0 spiro atoms. The van der Waals surface area contributed by atoms with Gasteiger partial charge in [-0.2, -0.15) is 0 Å². The number of aliphatic hydroxyl groups is 1. The van der Waals surface area contributed by atoms with E-state index in [1.807, 2.05) is 88.8 Å². The lowest BCUT2D eigenvalue weighted by molar-refractivity contribution is -0.144. The van der Waals surface area contributed by atoms with Gasteiger partial charge in [0, 0.05) is 68.1 Å². The number of nitrogen functional groups attached to an aromatic ring is 1. The normalized spacial score (nSPS) is 23.3. The maximum Gasteiger partial charge on any atom is 0.246 e. The van der Waals surface area contributed by atoms with Gasteiger partial charge in [-0.3, -0.25) is 14.4 Å². The maximum atomic E-state index is 14.3. The van der Waals surface area contributed by atoms with Crippen LogP contribution in [-0.2, 0) is 20.9 Å². The van der Waals surface area contributed by atoms with Crippen LogP contribution in [0.1, 0.15) is 94.1 Å². The van der Waals surface area contributed by atoms with E-state index in [0.29, 0.717) is 29.9 Å². The second-order valence-electron chi connectivity index (χ2n) is 19.9. The number of β-amino-alcohol motifs (C(OH)–C–C–N with tert-alkyl or cyclic N) is 1. The summed E-state index contributed by atoms with van der Waals surface area (Å²) >= 11 is 1.58. The minimum atomic E-state index is -0.888. The number of carbonyl (C=O) groups excluding carboxylic acids is 3. The molecule has 3 aliphatic heterocycles. The molecule has 4 fully saturated rings. The van der Waals surface area contributed by atoms with Crippen LogP contribution in [0.5, 0.6) is 5.75 Å². The first-order chi connectivity index (χ1) is 32.1. The Morgan fingerprint density at radius 3 is 2.27 bits per heavy atom. The number of nitrogens with one attached hydrogen (secondary N) is 2. The average Bonchev–Trinajstić information content (AvgIpc) is 4.01. The molecule has 17 heteroatoms. The fraction of sp³-hybridized carbons (Fsp3) is 0.480. The molecular weight excluding hydrogens is 867 g/mol. The summed E-state index contributed by atoms with van der Waals surface area (Å²) in [6, 6.07) is 15.6. The molecule has 9 rings (SSSR count). The van der Waals surface area contributed by atoms with E-state index in [9.17, 15) is 24.6 Å². The van der Waals surface area contributed by atoms with Crippen LogP contribution in [0.2, 0.25) is 0 Å². The second-order valence-corrected chi connectivity index (χ2v) is 20.7. The van der Waals surface area contributed by atoms with E-state index in [1.165, 1.54) is 4.90 Å². The highest BCUT2D eigenvalue weighted by atomic mass is 32.1. The molecule has 4 aliphatic rings. The van der Waals surface area contributed by atoms with Gasteiger partial charge in [0.05, 0.1) is 33.6 Å². The number of para-hydroxylation sites is 1. The number of fused-ring (bicyclic) bond motifs is 2. The van der Waals surface area contributed by atoms with E-state index < -0.39 is 23.6 Å². The Kier molecular flexibility index (Phi) is 12.9. The summed E-state index contributed by atoms with van der Waals surface area (Å²) < 4.78 is 0. The SMILES string of the molecule is Cc1ncsc1-c1ccc(CNC(=O)[C@@H]2C[C@@H](O)CN2C(=O)[C@@H](NC(=O)[C@H]2CC[C@H](c3cnc(N4C5CCC4CN(c4cc(-c6ccccc6O)nnc4N)C5)nc3C)CC2)C(C)(C)C)cc1. The standard InChI is InChI=1S/C50H61N11O5S/c1-28-38(23-53-49(55-28)61-34-18-19-35(61)25-59(24-34)40-21-39(57-58-45(40)51)37-8-6-7-9-42(37)63)31-14-16-33(17-15-31)46(64)56-44(50(3,4)5)48(66)60-26-36(62)20-41(60)47(65)52-22-30-10-12-32(13-11-30)43-29(2)54-27-67-43/h6-13,21,23,27,31,33-36,41,44,62-63H,14-20,22,24-26H2,1-5H3,(H2,51,58)(H,52,65)(H,56,64)/t31-,33-,34?,35?,36-,41+,44-/m1/s1. The summed E-state index contributed by atoms with van der Waals surface area (Å²) in [7, 11) is 0. The number of nitrogens with two attached hydrogens (primary N) is 1. The number of nitrogens with zero attached hydrogens (tertiary/aromatic N) is 8. The average molecular weight is 928 g/mol. The van der Waals surface area contributed by atoms with Crippen molar-refractivity contribution in [2.45, 2.75) is 122 Å². The van der Waals surface area contributed by atoms with E-state index in [4.69, 9.17) is 15.7 Å². The van der Waals surface area contributed by atoms with Crippen molar-refractivity contribution in [1.29, 1.82) is 0 Å². The van der Waals surface area contributed by atoms with Gasteiger partial charge in [0.25, 0.3) is 0 Å². The van der Waals surface area contributed by atoms with Crippen LogP contribution in [-0.4, -0.2) is 108 Å². The number of aryl methyl sites for hydroxylation is 2. The Bertz CT molecular complexity index is 2610. The second kappa shape index (κ2) is 18.8. The summed E-state index contributed by atoms with van der Waals surface area (Å²) in [5.74, 6) is 0.295. The predicted molar refractivity (Wildman–Crippen MR) is 258 cm³/mol. The molecular formula is C50H61N11O5S. The number of carbonyl (C=O) groups is 3. The Hall–Kier alpha value is -6.20. The number of phenolic OH excluding ortho intramolecular Hbond substituents is 1. The fourth-order valence-corrected chi connectivity index (χ4v) is 11.4. The highest BCUT2D eigenvalue weighted by Crippen LogP contribution is 2.41. The number of anilines is 3. The maximum absolute atomic E-state index is 14.3. The lowest BCUT2D eigenvalue weighted by atomic mass is 9.77. The number of thiazole rings is 1. The van der Waals surface area contributed by atoms with Crippen molar-refractivity contribution in [2.75, 3.05) is 35.2 Å². The van der Waals surface area contributed by atoms with Gasteiger partial charge in [-0.15, -0.1) is 21.5 Å². The number of hydrogen-bond donors (Lipinski definition) is 5. The Morgan fingerprint density at radius 1 is 0.896 bits per heavy atom. The third-order valence-electron chi connectivity index (χ3n) is 14.3. The van der Waals surface area contributed by atoms with Crippen LogP contribution in [0.25, 0.3) is 21.7 Å². The molecule has 3 aromatic heterocycles. The number of aliphatic hydroxyl groups excluding tert-OH is 1. The molecule has 0 radical (unpaired) electrons. The summed E-state index contributed by atoms with van der Waals surface area (Å²) in [6.07, 6.45) is 6.16. The van der Waals surface area contributed by atoms with Gasteiger partial charge in [0.1, 0.15) is 17.8 Å². The van der Waals surface area contributed by atoms with Crippen molar-refractivity contribution < 1.29 is 24.6 Å². The number of likely N-dealkylation sites (tertiary alicyclic amines) is 1. The molecule has 1 aliphatic carbocycles. The van der Waals surface area contributed by atoms with Gasteiger partial charge in [-0.25, -0.2) is 15.0 Å². The quantitative estimate of drug-likeness (QED) is 0.104. The van der Waals surface area contributed by atoms with E-state index in [1.54, 1.807) is 23.5 Å². The number of amides is 3. The van der Waals surface area contributed by atoms with Crippen molar-refractivity contribution in [3.05, 3.63) is 88.8 Å². The molecule has 6 N–H and O–H groups in total. The van der Waals surface area contributed by atoms with Crippen molar-refractivity contribution in [3.63, 3.8) is 0 Å². The Balaban J connectivity index is 0.794. The van der Waals surface area contributed by atoms with Crippen LogP contribution >= 0.6 is 11.3 Å². The van der Waals surface area contributed by atoms with E-state index in [2.05, 4.69) is 35.6 Å². The third kappa shape index (κ3) is 9.53. The van der Waals surface area contributed by atoms with Crippen molar-refractivity contribution in [1.82, 2.24) is 40.7 Å². The highest BCUT2D eigenvalue weighted by Gasteiger charge is 2.46. The van der Waals surface area contributed by atoms with Gasteiger partial charge in [0.2, 0.25) is 23.7 Å². The number of aromatic nitrogens is 5. The first-order valence-electron chi connectivity index (χ1n) is 23.5. The molecule has 352 valence electrons. The zero-order chi connectivity index (χ0) is 47.1. The first kappa shape index (κ1) is 45.9. The van der Waals surface area contributed by atoms with Crippen molar-refractivity contribution >= 4 is 46.5 Å². The molecule has 16 nitrogen and oxygen atoms in total. The number of hydrogen-bond acceptors (Lipinski definition) is 14. The van der Waals surface area contributed by atoms with Crippen LogP contribution in [0, 0.1) is 25.2 Å². The molecule has 3 amide bonds. The van der Waals surface area contributed by atoms with Crippen LogP contribution in [0.3, 0.4) is 0 Å². The molecule has 1 saturated carbocycles. The summed E-state index contributed by atoms with van der Waals surface area (Å²) in [6.45, 7) is 11.5. The largest absolute Gasteiger partial charge is 0.507 e. The molecule has 67 heavy (non-hydrogen) atoms. The zero-order valence-electron chi connectivity index (χ0n) is 38.9. The fourth-order valence-electron chi connectivity index (χ4n) is 10.6. The van der Waals surface area contributed by atoms with E-state index in [-0.39, 0.29) is 66.9 Å². The van der Waals surface area contributed by atoms with Gasteiger partial charge in [-0.1, -0.05) is 57.2 Å². The smallest absolute Gasteiger partial charge is 0.246 e. The van der Waals surface area contributed by atoms with Gasteiger partial charge >= 0.3 is 0 Å². The Morgan fingerprint density at radius 2 is 1.61 bits per heavy atom. The first-order valence-corrected chi connectivity index (χ1v) is 24.3. The predicted octanol–water partition coefficient (Wildman–Crippen LogP) is 5.90. The third-order valence-corrected chi connectivity index (χ3v) is 15.2. The molecule has 5 aromatic rings. The molecule has 2 bridgehead atoms. The molecule has 5 atom stereocenters. The zero-order valence-corrected chi connectivity index (χ0v) is 39.7. The van der Waals surface area contributed by atoms with Crippen LogP contribution < -0.4 is 26.2 Å². The number of piperazine rings is 1. The monoisotopic (exact) mass is 927 g/mol. The minimum absolute atomic E-state index is 0.0201. The molecule has 6 heterocycles. The summed E-state index contributed by atoms with van der Waals surface area (Å²) in [5.41, 5.74) is 14.5. The lowest BCUT2D eigenvalue weighted by Crippen LogP contribution is -2.58. The number of rotatable bonds is 11. The number of phenols is 1. The van der Waals surface area contributed by atoms with Gasteiger partial charge in [-0.05, 0) is 98.6 Å². The van der Waals surface area contributed by atoms with E-state index in [0.717, 1.165) is 83.4 Å². The van der Waals surface area contributed by atoms with Crippen LogP contribution in [0.4, 0.5) is 17.5 Å². The Labute approximate surface area is 395 Å². The molecule has 2 unspecified atom stereocenters. The lowest BCUT2D eigenvalue weighted by Gasteiger charge is -2.42. The van der Waals surface area contributed by atoms with Gasteiger partial charge in [0.15, 0.2) is 5.82 Å². The van der Waals surface area contributed by atoms with Crippen molar-refractivity contribution in [3.8, 4) is 27.4 Å². The summed E-state index contributed by atoms with van der Waals surface area (Å²) in [4.78, 5) is 63.5. The molecule has 2 aromatic carbocycles. The molecule has 3 saturated heterocycles. The number of aromatic hydroxyl groups is 1. The highest BCUT2D eigenvalue weighted by molar-refractivity contribution is 7.13. The minimum Gasteiger partial charge on any atom is -0.507 e. The van der Waals surface area contributed by atoms with Crippen LogP contribution in [0.15, 0.2) is 66.3 Å². The number of benzene rings is 2. The van der Waals surface area contributed by atoms with E-state index >= 15 is 0 Å².